The molecular formula is C13H19N3O2. The van der Waals surface area contributed by atoms with Crippen LogP contribution in [0.3, 0.4) is 0 Å². The zero-order chi connectivity index (χ0) is 13.2. The van der Waals surface area contributed by atoms with Crippen LogP contribution in [0.15, 0.2) is 12.1 Å². The van der Waals surface area contributed by atoms with Crippen molar-refractivity contribution in [1.29, 1.82) is 0 Å². The molecule has 0 aromatic carbocycles. The quantitative estimate of drug-likeness (QED) is 0.620. The minimum absolute atomic E-state index is 0.0789. The summed E-state index contributed by atoms with van der Waals surface area (Å²) in [6.07, 6.45) is 5.00. The second kappa shape index (κ2) is 4.92. The summed E-state index contributed by atoms with van der Waals surface area (Å²) < 4.78 is 0. The van der Waals surface area contributed by atoms with E-state index in [1.54, 1.807) is 13.0 Å². The monoisotopic (exact) mass is 249 g/mol. The Kier molecular flexibility index (Phi) is 3.50. The fourth-order valence-corrected chi connectivity index (χ4v) is 2.35. The van der Waals surface area contributed by atoms with Crippen LogP contribution in [0, 0.1) is 22.5 Å². The van der Waals surface area contributed by atoms with Gasteiger partial charge in [-0.1, -0.05) is 13.3 Å². The van der Waals surface area contributed by atoms with E-state index in [4.69, 9.17) is 0 Å². The molecule has 1 aromatic heterocycles. The molecule has 0 bridgehead atoms. The lowest BCUT2D eigenvalue weighted by atomic mass is 10.0. The Morgan fingerprint density at radius 2 is 2.22 bits per heavy atom. The average Bonchev–Trinajstić information content (AvgIpc) is 3.07. The van der Waals surface area contributed by atoms with Crippen LogP contribution in [-0.4, -0.2) is 16.5 Å². The fourth-order valence-electron chi connectivity index (χ4n) is 2.35. The molecule has 0 aliphatic heterocycles. The van der Waals surface area contributed by atoms with Gasteiger partial charge in [-0.05, 0) is 37.7 Å². The Balaban J connectivity index is 1.98. The van der Waals surface area contributed by atoms with E-state index in [0.717, 1.165) is 12.4 Å². The van der Waals surface area contributed by atoms with Crippen molar-refractivity contribution in [3.05, 3.63) is 27.9 Å². The molecule has 1 aliphatic carbocycles. The highest BCUT2D eigenvalue weighted by atomic mass is 16.6. The maximum Gasteiger partial charge on any atom is 0.290 e. The molecule has 5 nitrogen and oxygen atoms in total. The van der Waals surface area contributed by atoms with Crippen molar-refractivity contribution in [2.45, 2.75) is 39.5 Å². The smallest absolute Gasteiger partial charge is 0.290 e. The molecule has 0 radical (unpaired) electrons. The van der Waals surface area contributed by atoms with Crippen LogP contribution in [0.5, 0.6) is 0 Å². The van der Waals surface area contributed by atoms with Gasteiger partial charge in [0.05, 0.1) is 4.92 Å². The first kappa shape index (κ1) is 12.8. The van der Waals surface area contributed by atoms with E-state index in [1.807, 2.05) is 0 Å². The molecule has 2 rings (SSSR count). The first-order valence-corrected chi connectivity index (χ1v) is 6.42. The van der Waals surface area contributed by atoms with Crippen LogP contribution in [0.2, 0.25) is 0 Å². The Morgan fingerprint density at radius 3 is 2.72 bits per heavy atom. The predicted octanol–water partition coefficient (Wildman–Crippen LogP) is 3.29. The molecule has 1 heterocycles. The summed E-state index contributed by atoms with van der Waals surface area (Å²) >= 11 is 0. The van der Waals surface area contributed by atoms with Gasteiger partial charge < -0.3 is 5.32 Å². The summed E-state index contributed by atoms with van der Waals surface area (Å²) in [7, 11) is 0. The molecule has 0 saturated heterocycles. The minimum atomic E-state index is -0.397. The number of anilines is 1. The van der Waals surface area contributed by atoms with Gasteiger partial charge in [-0.15, -0.1) is 0 Å². The predicted molar refractivity (Wildman–Crippen MR) is 70.7 cm³/mol. The number of nitro groups is 1. The molecule has 0 atom stereocenters. The van der Waals surface area contributed by atoms with E-state index in [1.165, 1.54) is 31.7 Å². The average molecular weight is 249 g/mol. The zero-order valence-corrected chi connectivity index (χ0v) is 10.9. The van der Waals surface area contributed by atoms with E-state index >= 15 is 0 Å². The standard InChI is InChI=1S/C13H19N3O2/c1-3-6-13(7-8-13)9-14-12-5-4-11(16(17)18)10(2)15-12/h4-5H,3,6-9H2,1-2H3,(H,14,15). The van der Waals surface area contributed by atoms with E-state index in [0.29, 0.717) is 11.1 Å². The molecule has 18 heavy (non-hydrogen) atoms. The number of hydrogen-bond donors (Lipinski definition) is 1. The normalized spacial score (nSPS) is 16.3. The third kappa shape index (κ3) is 2.78. The lowest BCUT2D eigenvalue weighted by Gasteiger charge is -2.15. The van der Waals surface area contributed by atoms with E-state index in [2.05, 4.69) is 17.2 Å². The maximum absolute atomic E-state index is 10.7. The van der Waals surface area contributed by atoms with Gasteiger partial charge in [-0.2, -0.15) is 0 Å². The SMILES string of the molecule is CCCC1(CNc2ccc([N+](=O)[O-])c(C)n2)CC1. The Bertz CT molecular complexity index is 456. The molecule has 0 amide bonds. The van der Waals surface area contributed by atoms with Crippen molar-refractivity contribution < 1.29 is 4.92 Å². The number of aromatic nitrogens is 1. The summed E-state index contributed by atoms with van der Waals surface area (Å²) in [4.78, 5) is 14.5. The molecule has 1 saturated carbocycles. The summed E-state index contributed by atoms with van der Waals surface area (Å²) in [5, 5.41) is 14.0. The molecule has 1 N–H and O–H groups in total. The summed E-state index contributed by atoms with van der Waals surface area (Å²) in [6.45, 7) is 4.79. The number of rotatable bonds is 6. The molecular weight excluding hydrogens is 230 g/mol. The molecule has 1 aromatic rings. The summed E-state index contributed by atoms with van der Waals surface area (Å²) in [5.41, 5.74) is 0.993. The highest BCUT2D eigenvalue weighted by Crippen LogP contribution is 2.49. The number of aryl methyl sites for hydroxylation is 1. The molecule has 0 unspecified atom stereocenters. The van der Waals surface area contributed by atoms with Crippen molar-refractivity contribution in [1.82, 2.24) is 4.98 Å². The van der Waals surface area contributed by atoms with Crippen LogP contribution >= 0.6 is 0 Å². The van der Waals surface area contributed by atoms with Crippen molar-refractivity contribution in [2.24, 2.45) is 5.41 Å². The van der Waals surface area contributed by atoms with Gasteiger partial charge in [0.2, 0.25) is 0 Å². The third-order valence-corrected chi connectivity index (χ3v) is 3.64. The molecule has 1 aliphatic rings. The zero-order valence-electron chi connectivity index (χ0n) is 10.9. The van der Waals surface area contributed by atoms with Gasteiger partial charge in [0.1, 0.15) is 11.5 Å². The first-order valence-electron chi connectivity index (χ1n) is 6.42. The second-order valence-electron chi connectivity index (χ2n) is 5.16. The molecule has 1 fully saturated rings. The molecule has 0 spiro atoms. The van der Waals surface area contributed by atoms with Crippen LogP contribution in [0.25, 0.3) is 0 Å². The summed E-state index contributed by atoms with van der Waals surface area (Å²) in [5.74, 6) is 0.737. The topological polar surface area (TPSA) is 68.1 Å². The van der Waals surface area contributed by atoms with Crippen molar-refractivity contribution in [2.75, 3.05) is 11.9 Å². The van der Waals surface area contributed by atoms with Crippen molar-refractivity contribution in [3.8, 4) is 0 Å². The largest absolute Gasteiger partial charge is 0.370 e. The highest BCUT2D eigenvalue weighted by Gasteiger charge is 2.41. The molecule has 5 heteroatoms. The van der Waals surface area contributed by atoms with Crippen LogP contribution in [-0.2, 0) is 0 Å². The Labute approximate surface area is 107 Å². The second-order valence-corrected chi connectivity index (χ2v) is 5.16. The van der Waals surface area contributed by atoms with Crippen molar-refractivity contribution in [3.63, 3.8) is 0 Å². The maximum atomic E-state index is 10.7. The van der Waals surface area contributed by atoms with Gasteiger partial charge >= 0.3 is 0 Å². The third-order valence-electron chi connectivity index (χ3n) is 3.64. The van der Waals surface area contributed by atoms with E-state index in [-0.39, 0.29) is 5.69 Å². The van der Waals surface area contributed by atoms with Gasteiger partial charge in [0, 0.05) is 12.6 Å². The number of nitrogens with one attached hydrogen (secondary N) is 1. The van der Waals surface area contributed by atoms with Crippen LogP contribution < -0.4 is 5.32 Å². The van der Waals surface area contributed by atoms with Gasteiger partial charge in [0.25, 0.3) is 5.69 Å². The fraction of sp³-hybridized carbons (Fsp3) is 0.615. The van der Waals surface area contributed by atoms with Gasteiger partial charge in [0.15, 0.2) is 0 Å². The number of hydrogen-bond acceptors (Lipinski definition) is 4. The van der Waals surface area contributed by atoms with Gasteiger partial charge in [-0.3, -0.25) is 10.1 Å². The highest BCUT2D eigenvalue weighted by molar-refractivity contribution is 5.45. The van der Waals surface area contributed by atoms with Crippen molar-refractivity contribution >= 4 is 11.5 Å². The van der Waals surface area contributed by atoms with Crippen LogP contribution in [0.1, 0.15) is 38.3 Å². The van der Waals surface area contributed by atoms with Gasteiger partial charge in [-0.25, -0.2) is 4.98 Å². The Hall–Kier alpha value is -1.65. The van der Waals surface area contributed by atoms with E-state index < -0.39 is 4.92 Å². The molecule has 98 valence electrons. The summed E-state index contributed by atoms with van der Waals surface area (Å²) in [6, 6.07) is 3.21. The number of nitrogens with zero attached hydrogens (tertiary/aromatic N) is 2. The van der Waals surface area contributed by atoms with Crippen LogP contribution in [0.4, 0.5) is 11.5 Å². The number of pyridine rings is 1. The first-order chi connectivity index (χ1) is 8.56. The lowest BCUT2D eigenvalue weighted by molar-refractivity contribution is -0.385. The lowest BCUT2D eigenvalue weighted by Crippen LogP contribution is -2.16. The van der Waals surface area contributed by atoms with E-state index in [9.17, 15) is 10.1 Å². The minimum Gasteiger partial charge on any atom is -0.370 e. The Morgan fingerprint density at radius 1 is 1.50 bits per heavy atom.